The summed E-state index contributed by atoms with van der Waals surface area (Å²) in [4.78, 5) is 0. The molecule has 18 heavy (non-hydrogen) atoms. The van der Waals surface area contributed by atoms with Gasteiger partial charge in [-0.25, -0.2) is 0 Å². The van der Waals surface area contributed by atoms with Gasteiger partial charge in [0.1, 0.15) is 6.10 Å². The smallest absolute Gasteiger partial charge is 0.157 e. The minimum Gasteiger partial charge on any atom is -0.480 e. The molecule has 1 aliphatic carbocycles. The SMILES string of the molecule is Brc1cccc2c1OC1c3ccccc3CC1N2. The number of ether oxygens (including phenoxy) is 1. The highest BCUT2D eigenvalue weighted by atomic mass is 79.9. The topological polar surface area (TPSA) is 21.3 Å². The van der Waals surface area contributed by atoms with E-state index in [0.29, 0.717) is 6.04 Å². The van der Waals surface area contributed by atoms with Crippen molar-refractivity contribution in [3.63, 3.8) is 0 Å². The maximum Gasteiger partial charge on any atom is 0.157 e. The number of hydrogen-bond donors (Lipinski definition) is 1. The fourth-order valence-electron chi connectivity index (χ4n) is 2.90. The molecular weight excluding hydrogens is 290 g/mol. The fraction of sp³-hybridized carbons (Fsp3) is 0.200. The number of anilines is 1. The van der Waals surface area contributed by atoms with E-state index in [-0.39, 0.29) is 6.10 Å². The summed E-state index contributed by atoms with van der Waals surface area (Å²) in [6.45, 7) is 0. The molecule has 2 aromatic carbocycles. The molecule has 2 aliphatic rings. The molecule has 0 saturated heterocycles. The van der Waals surface area contributed by atoms with Gasteiger partial charge in [-0.15, -0.1) is 0 Å². The van der Waals surface area contributed by atoms with Gasteiger partial charge in [0.15, 0.2) is 5.75 Å². The maximum absolute atomic E-state index is 6.20. The van der Waals surface area contributed by atoms with Crippen LogP contribution < -0.4 is 10.1 Å². The predicted molar refractivity (Wildman–Crippen MR) is 75.1 cm³/mol. The largest absolute Gasteiger partial charge is 0.480 e. The monoisotopic (exact) mass is 301 g/mol. The molecule has 1 aliphatic heterocycles. The molecule has 2 unspecified atom stereocenters. The van der Waals surface area contributed by atoms with Crippen molar-refractivity contribution in [2.45, 2.75) is 18.6 Å². The van der Waals surface area contributed by atoms with Crippen LogP contribution in [0.3, 0.4) is 0 Å². The van der Waals surface area contributed by atoms with Crippen LogP contribution in [0.15, 0.2) is 46.9 Å². The van der Waals surface area contributed by atoms with Crippen molar-refractivity contribution in [3.8, 4) is 5.75 Å². The normalized spacial score (nSPS) is 23.4. The van der Waals surface area contributed by atoms with Gasteiger partial charge in [-0.1, -0.05) is 30.3 Å². The molecule has 3 heteroatoms. The first-order valence-corrected chi connectivity index (χ1v) is 6.92. The summed E-state index contributed by atoms with van der Waals surface area (Å²) in [5, 5.41) is 3.59. The standard InChI is InChI=1S/C15H12BrNO/c16-11-6-3-7-12-15(11)18-14-10-5-2-1-4-9(10)8-13(14)17-12/h1-7,13-14,17H,8H2. The van der Waals surface area contributed by atoms with E-state index in [1.807, 2.05) is 12.1 Å². The highest BCUT2D eigenvalue weighted by molar-refractivity contribution is 9.10. The van der Waals surface area contributed by atoms with Crippen molar-refractivity contribution < 1.29 is 4.74 Å². The van der Waals surface area contributed by atoms with Gasteiger partial charge in [0.25, 0.3) is 0 Å². The molecule has 0 saturated carbocycles. The van der Waals surface area contributed by atoms with Crippen LogP contribution in [0.5, 0.6) is 5.75 Å². The van der Waals surface area contributed by atoms with E-state index in [1.165, 1.54) is 11.1 Å². The number of benzene rings is 2. The Morgan fingerprint density at radius 3 is 2.94 bits per heavy atom. The van der Waals surface area contributed by atoms with E-state index in [0.717, 1.165) is 22.3 Å². The summed E-state index contributed by atoms with van der Waals surface area (Å²) in [6, 6.07) is 15.0. The quantitative estimate of drug-likeness (QED) is 0.796. The van der Waals surface area contributed by atoms with Crippen LogP contribution in [0, 0.1) is 0 Å². The lowest BCUT2D eigenvalue weighted by molar-refractivity contribution is 0.182. The second kappa shape index (κ2) is 3.75. The molecule has 0 amide bonds. The van der Waals surface area contributed by atoms with Gasteiger partial charge < -0.3 is 10.1 Å². The second-order valence-electron chi connectivity index (χ2n) is 4.81. The Balaban J connectivity index is 1.81. The van der Waals surface area contributed by atoms with Crippen molar-refractivity contribution >= 4 is 21.6 Å². The van der Waals surface area contributed by atoms with Gasteiger partial charge in [0.05, 0.1) is 16.2 Å². The second-order valence-corrected chi connectivity index (χ2v) is 5.66. The van der Waals surface area contributed by atoms with E-state index in [9.17, 15) is 0 Å². The van der Waals surface area contributed by atoms with Gasteiger partial charge in [-0.05, 0) is 45.6 Å². The first-order chi connectivity index (χ1) is 8.83. The van der Waals surface area contributed by atoms with E-state index in [1.54, 1.807) is 0 Å². The van der Waals surface area contributed by atoms with E-state index < -0.39 is 0 Å². The third kappa shape index (κ3) is 1.40. The molecule has 1 heterocycles. The number of nitrogens with one attached hydrogen (secondary N) is 1. The molecule has 4 rings (SSSR count). The molecule has 0 aromatic heterocycles. The van der Waals surface area contributed by atoms with Gasteiger partial charge in [0.2, 0.25) is 0 Å². The fourth-order valence-corrected chi connectivity index (χ4v) is 3.36. The first-order valence-electron chi connectivity index (χ1n) is 6.12. The lowest BCUT2D eigenvalue weighted by atomic mass is 10.1. The van der Waals surface area contributed by atoms with Crippen molar-refractivity contribution in [2.75, 3.05) is 5.32 Å². The molecule has 90 valence electrons. The number of fused-ring (bicyclic) bond motifs is 4. The molecule has 0 fully saturated rings. The highest BCUT2D eigenvalue weighted by Gasteiger charge is 2.38. The van der Waals surface area contributed by atoms with Crippen LogP contribution in [0.1, 0.15) is 17.2 Å². The zero-order valence-corrected chi connectivity index (χ0v) is 11.3. The molecule has 2 aromatic rings. The zero-order valence-electron chi connectivity index (χ0n) is 9.69. The Morgan fingerprint density at radius 2 is 2.00 bits per heavy atom. The average Bonchev–Trinajstić information content (AvgIpc) is 2.75. The minimum absolute atomic E-state index is 0.132. The Labute approximate surface area is 114 Å². The van der Waals surface area contributed by atoms with E-state index in [2.05, 4.69) is 51.6 Å². The van der Waals surface area contributed by atoms with Crippen LogP contribution in [-0.4, -0.2) is 6.04 Å². The molecule has 0 radical (unpaired) electrons. The van der Waals surface area contributed by atoms with E-state index in [4.69, 9.17) is 4.74 Å². The Kier molecular flexibility index (Phi) is 2.18. The molecule has 2 nitrogen and oxygen atoms in total. The minimum atomic E-state index is 0.132. The van der Waals surface area contributed by atoms with Crippen LogP contribution >= 0.6 is 15.9 Å². The molecule has 0 bridgehead atoms. The highest BCUT2D eigenvalue weighted by Crippen LogP contribution is 2.46. The Bertz CT molecular complexity index is 626. The lowest BCUT2D eigenvalue weighted by Gasteiger charge is -2.31. The first kappa shape index (κ1) is 10.4. The number of rotatable bonds is 0. The summed E-state index contributed by atoms with van der Waals surface area (Å²) < 4.78 is 7.21. The van der Waals surface area contributed by atoms with Crippen LogP contribution in [0.4, 0.5) is 5.69 Å². The molecular formula is C15H12BrNO. The maximum atomic E-state index is 6.20. The van der Waals surface area contributed by atoms with Gasteiger partial charge >= 0.3 is 0 Å². The summed E-state index contributed by atoms with van der Waals surface area (Å²) in [5.74, 6) is 0.926. The summed E-state index contributed by atoms with van der Waals surface area (Å²) in [7, 11) is 0. The van der Waals surface area contributed by atoms with Crippen LogP contribution in [-0.2, 0) is 6.42 Å². The Morgan fingerprint density at radius 1 is 1.11 bits per heavy atom. The number of para-hydroxylation sites is 1. The molecule has 0 spiro atoms. The van der Waals surface area contributed by atoms with Gasteiger partial charge in [-0.2, -0.15) is 0 Å². The third-order valence-corrected chi connectivity index (χ3v) is 4.34. The van der Waals surface area contributed by atoms with Crippen molar-refractivity contribution in [3.05, 3.63) is 58.1 Å². The van der Waals surface area contributed by atoms with Gasteiger partial charge in [0, 0.05) is 0 Å². The Hall–Kier alpha value is -1.48. The average molecular weight is 302 g/mol. The molecule has 2 atom stereocenters. The van der Waals surface area contributed by atoms with Crippen molar-refractivity contribution in [1.29, 1.82) is 0 Å². The zero-order chi connectivity index (χ0) is 12.1. The number of hydrogen-bond acceptors (Lipinski definition) is 2. The summed E-state index contributed by atoms with van der Waals surface area (Å²) >= 11 is 3.55. The van der Waals surface area contributed by atoms with Crippen LogP contribution in [0.25, 0.3) is 0 Å². The summed E-state index contributed by atoms with van der Waals surface area (Å²) in [5.41, 5.74) is 3.79. The lowest BCUT2D eigenvalue weighted by Crippen LogP contribution is -2.32. The van der Waals surface area contributed by atoms with Gasteiger partial charge in [-0.3, -0.25) is 0 Å². The van der Waals surface area contributed by atoms with Crippen molar-refractivity contribution in [1.82, 2.24) is 0 Å². The predicted octanol–water partition coefficient (Wildman–Crippen LogP) is 3.92. The summed E-state index contributed by atoms with van der Waals surface area (Å²) in [6.07, 6.45) is 1.17. The van der Waals surface area contributed by atoms with Crippen LogP contribution in [0.2, 0.25) is 0 Å². The molecule has 1 N–H and O–H groups in total. The third-order valence-electron chi connectivity index (χ3n) is 3.72. The van der Waals surface area contributed by atoms with Crippen molar-refractivity contribution in [2.24, 2.45) is 0 Å². The van der Waals surface area contributed by atoms with E-state index >= 15 is 0 Å². The number of halogens is 1.